The number of aromatic nitrogens is 3. The van der Waals surface area contributed by atoms with Gasteiger partial charge in [0, 0.05) is 36.4 Å². The Morgan fingerprint density at radius 3 is 2.88 bits per heavy atom. The Morgan fingerprint density at radius 1 is 1.35 bits per heavy atom. The minimum absolute atomic E-state index is 0.683. The molecule has 1 N–H and O–H groups in total. The molecule has 4 heteroatoms. The molecule has 4 nitrogen and oxygen atoms in total. The van der Waals surface area contributed by atoms with E-state index in [1.807, 2.05) is 29.8 Å². The maximum Gasteiger partial charge on any atom is 0.142 e. The molecule has 0 fully saturated rings. The molecule has 2 rings (SSSR count). The summed E-state index contributed by atoms with van der Waals surface area (Å²) in [4.78, 5) is 8.43. The first-order chi connectivity index (χ1) is 8.24. The van der Waals surface area contributed by atoms with E-state index in [0.717, 1.165) is 24.2 Å². The third kappa shape index (κ3) is 2.36. The first-order valence-corrected chi connectivity index (χ1v) is 5.84. The molecule has 0 spiro atoms. The van der Waals surface area contributed by atoms with Crippen LogP contribution in [-0.4, -0.2) is 19.6 Å². The molecule has 0 saturated heterocycles. The van der Waals surface area contributed by atoms with Gasteiger partial charge in [0.05, 0.1) is 0 Å². The maximum absolute atomic E-state index is 10.3. The van der Waals surface area contributed by atoms with Crippen molar-refractivity contribution in [1.82, 2.24) is 14.5 Å². The Hall–Kier alpha value is -1.68. The van der Waals surface area contributed by atoms with Crippen LogP contribution in [0.25, 0.3) is 0 Å². The molecule has 0 bridgehead atoms. The van der Waals surface area contributed by atoms with Gasteiger partial charge in [0.25, 0.3) is 0 Å². The number of aliphatic hydroxyl groups excluding tert-OH is 1. The summed E-state index contributed by atoms with van der Waals surface area (Å²) < 4.78 is 1.98. The summed E-state index contributed by atoms with van der Waals surface area (Å²) in [6.07, 6.45) is 5.66. The van der Waals surface area contributed by atoms with Crippen LogP contribution in [0.1, 0.15) is 36.5 Å². The number of pyridine rings is 1. The molecular formula is C13H17N3O. The molecule has 0 saturated carbocycles. The molecule has 1 atom stereocenters. The average Bonchev–Trinajstić information content (AvgIpc) is 2.78. The van der Waals surface area contributed by atoms with E-state index < -0.39 is 6.10 Å². The zero-order valence-corrected chi connectivity index (χ0v) is 10.2. The van der Waals surface area contributed by atoms with Crippen LogP contribution in [-0.2, 0) is 6.54 Å². The van der Waals surface area contributed by atoms with Gasteiger partial charge in [-0.25, -0.2) is 4.98 Å². The SMILES string of the molecule is CCCn1ccnc1C(O)c1cccnc1C. The number of aliphatic hydroxyl groups is 1. The molecule has 0 aliphatic carbocycles. The molecule has 0 radical (unpaired) electrons. The fourth-order valence-electron chi connectivity index (χ4n) is 1.92. The largest absolute Gasteiger partial charge is 0.380 e. The minimum Gasteiger partial charge on any atom is -0.380 e. The Balaban J connectivity index is 2.34. The Kier molecular flexibility index (Phi) is 3.54. The van der Waals surface area contributed by atoms with Gasteiger partial charge in [0.1, 0.15) is 11.9 Å². The van der Waals surface area contributed by atoms with E-state index in [0.29, 0.717) is 5.82 Å². The van der Waals surface area contributed by atoms with Crippen molar-refractivity contribution >= 4 is 0 Å². The Labute approximate surface area is 101 Å². The van der Waals surface area contributed by atoms with Crippen LogP contribution >= 0.6 is 0 Å². The molecular weight excluding hydrogens is 214 g/mol. The molecule has 0 aliphatic heterocycles. The van der Waals surface area contributed by atoms with Crippen molar-refractivity contribution in [1.29, 1.82) is 0 Å². The van der Waals surface area contributed by atoms with Crippen LogP contribution in [0.15, 0.2) is 30.7 Å². The van der Waals surface area contributed by atoms with Crippen LogP contribution in [0, 0.1) is 6.92 Å². The van der Waals surface area contributed by atoms with E-state index in [1.54, 1.807) is 12.4 Å². The van der Waals surface area contributed by atoms with Crippen molar-refractivity contribution in [3.63, 3.8) is 0 Å². The normalized spacial score (nSPS) is 12.6. The van der Waals surface area contributed by atoms with E-state index in [2.05, 4.69) is 16.9 Å². The fourth-order valence-corrected chi connectivity index (χ4v) is 1.92. The van der Waals surface area contributed by atoms with E-state index >= 15 is 0 Å². The molecule has 2 aromatic rings. The minimum atomic E-state index is -0.703. The van der Waals surface area contributed by atoms with E-state index in [1.165, 1.54) is 0 Å². The Bertz CT molecular complexity index is 493. The second-order valence-corrected chi connectivity index (χ2v) is 4.06. The highest BCUT2D eigenvalue weighted by Crippen LogP contribution is 2.22. The Morgan fingerprint density at radius 2 is 2.18 bits per heavy atom. The maximum atomic E-state index is 10.3. The molecule has 0 aromatic carbocycles. The lowest BCUT2D eigenvalue weighted by Crippen LogP contribution is -2.11. The highest BCUT2D eigenvalue weighted by atomic mass is 16.3. The second-order valence-electron chi connectivity index (χ2n) is 4.06. The first-order valence-electron chi connectivity index (χ1n) is 5.84. The van der Waals surface area contributed by atoms with Crippen LogP contribution in [0.3, 0.4) is 0 Å². The number of aryl methyl sites for hydroxylation is 2. The number of nitrogens with zero attached hydrogens (tertiary/aromatic N) is 3. The summed E-state index contributed by atoms with van der Waals surface area (Å²) in [5.41, 5.74) is 1.65. The summed E-state index contributed by atoms with van der Waals surface area (Å²) in [6.45, 7) is 4.86. The number of rotatable bonds is 4. The lowest BCUT2D eigenvalue weighted by Gasteiger charge is -2.14. The lowest BCUT2D eigenvalue weighted by molar-refractivity contribution is 0.203. The first kappa shape index (κ1) is 11.8. The zero-order valence-electron chi connectivity index (χ0n) is 10.2. The predicted molar refractivity (Wildman–Crippen MR) is 65.6 cm³/mol. The fraction of sp³-hybridized carbons (Fsp3) is 0.385. The van der Waals surface area contributed by atoms with Gasteiger partial charge in [-0.2, -0.15) is 0 Å². The lowest BCUT2D eigenvalue weighted by atomic mass is 10.1. The molecule has 2 heterocycles. The van der Waals surface area contributed by atoms with Crippen molar-refractivity contribution in [2.24, 2.45) is 0 Å². The molecule has 1 unspecified atom stereocenters. The summed E-state index contributed by atoms with van der Waals surface area (Å²) in [7, 11) is 0. The van der Waals surface area contributed by atoms with Crippen molar-refractivity contribution in [2.45, 2.75) is 32.9 Å². The van der Waals surface area contributed by atoms with Crippen molar-refractivity contribution in [3.8, 4) is 0 Å². The van der Waals surface area contributed by atoms with Gasteiger partial charge in [0.15, 0.2) is 0 Å². The quantitative estimate of drug-likeness (QED) is 0.876. The van der Waals surface area contributed by atoms with Crippen molar-refractivity contribution in [2.75, 3.05) is 0 Å². The summed E-state index contributed by atoms with van der Waals surface area (Å²) >= 11 is 0. The summed E-state index contributed by atoms with van der Waals surface area (Å²) in [5, 5.41) is 10.3. The number of hydrogen-bond acceptors (Lipinski definition) is 3. The van der Waals surface area contributed by atoms with E-state index in [-0.39, 0.29) is 0 Å². The van der Waals surface area contributed by atoms with Gasteiger partial charge < -0.3 is 9.67 Å². The van der Waals surface area contributed by atoms with Crippen LogP contribution < -0.4 is 0 Å². The molecule has 17 heavy (non-hydrogen) atoms. The van der Waals surface area contributed by atoms with Gasteiger partial charge >= 0.3 is 0 Å². The smallest absolute Gasteiger partial charge is 0.142 e. The van der Waals surface area contributed by atoms with Gasteiger partial charge in [0.2, 0.25) is 0 Å². The van der Waals surface area contributed by atoms with Gasteiger partial charge in [-0.05, 0) is 19.4 Å². The van der Waals surface area contributed by atoms with Gasteiger partial charge in [-0.15, -0.1) is 0 Å². The van der Waals surface area contributed by atoms with Crippen molar-refractivity contribution < 1.29 is 5.11 Å². The monoisotopic (exact) mass is 231 g/mol. The average molecular weight is 231 g/mol. The second kappa shape index (κ2) is 5.10. The number of imidazole rings is 1. The zero-order chi connectivity index (χ0) is 12.3. The standard InChI is InChI=1S/C13H17N3O/c1-3-8-16-9-7-15-13(16)12(17)11-5-4-6-14-10(11)2/h4-7,9,12,17H,3,8H2,1-2H3. The number of hydrogen-bond donors (Lipinski definition) is 1. The molecule has 0 amide bonds. The van der Waals surface area contributed by atoms with Gasteiger partial charge in [-0.1, -0.05) is 13.0 Å². The predicted octanol–water partition coefficient (Wildman–Crippen LogP) is 2.08. The van der Waals surface area contributed by atoms with Gasteiger partial charge in [-0.3, -0.25) is 4.98 Å². The highest BCUT2D eigenvalue weighted by Gasteiger charge is 2.17. The highest BCUT2D eigenvalue weighted by molar-refractivity contribution is 5.26. The molecule has 2 aromatic heterocycles. The molecule has 0 aliphatic rings. The molecule has 90 valence electrons. The topological polar surface area (TPSA) is 50.9 Å². The van der Waals surface area contributed by atoms with E-state index in [9.17, 15) is 5.11 Å². The van der Waals surface area contributed by atoms with Crippen LogP contribution in [0.5, 0.6) is 0 Å². The van der Waals surface area contributed by atoms with Crippen LogP contribution in [0.2, 0.25) is 0 Å². The summed E-state index contributed by atoms with van der Waals surface area (Å²) in [5.74, 6) is 0.683. The third-order valence-corrected chi connectivity index (χ3v) is 2.80. The van der Waals surface area contributed by atoms with Crippen molar-refractivity contribution in [3.05, 3.63) is 47.8 Å². The summed E-state index contributed by atoms with van der Waals surface area (Å²) in [6, 6.07) is 3.72. The van der Waals surface area contributed by atoms with Crippen LogP contribution in [0.4, 0.5) is 0 Å². The third-order valence-electron chi connectivity index (χ3n) is 2.80. The van der Waals surface area contributed by atoms with E-state index in [4.69, 9.17) is 0 Å².